The number of hydrogen-bond donors (Lipinski definition) is 2. The molecule has 0 heterocycles. The molecule has 1 aromatic carbocycles. The van der Waals surface area contributed by atoms with Crippen molar-refractivity contribution in [1.82, 2.24) is 0 Å². The van der Waals surface area contributed by atoms with E-state index in [4.69, 9.17) is 9.47 Å². The van der Waals surface area contributed by atoms with Crippen LogP contribution in [0.25, 0.3) is 0 Å². The Morgan fingerprint density at radius 1 is 1.00 bits per heavy atom. The summed E-state index contributed by atoms with van der Waals surface area (Å²) in [7, 11) is 3.28. The molecule has 4 heteroatoms. The fourth-order valence-corrected chi connectivity index (χ4v) is 2.56. The van der Waals surface area contributed by atoms with E-state index in [0.29, 0.717) is 0 Å². The zero-order valence-electron chi connectivity index (χ0n) is 11.7. The lowest BCUT2D eigenvalue weighted by Gasteiger charge is -2.23. The molecule has 2 N–H and O–H groups in total. The molecule has 2 unspecified atom stereocenters. The quantitative estimate of drug-likeness (QED) is 0.822. The van der Waals surface area contributed by atoms with Crippen LogP contribution in [-0.2, 0) is 0 Å². The third-order valence-electron chi connectivity index (χ3n) is 3.68. The van der Waals surface area contributed by atoms with Crippen molar-refractivity contribution in [2.24, 2.45) is 0 Å². The lowest BCUT2D eigenvalue weighted by Crippen LogP contribution is -2.32. The van der Waals surface area contributed by atoms with Crippen molar-refractivity contribution in [2.75, 3.05) is 19.5 Å². The highest BCUT2D eigenvalue weighted by molar-refractivity contribution is 5.54. The van der Waals surface area contributed by atoms with Gasteiger partial charge >= 0.3 is 0 Å². The summed E-state index contributed by atoms with van der Waals surface area (Å²) in [5.74, 6) is 1.51. The molecule has 0 aliphatic heterocycles. The molecular formula is C15H23NO3. The zero-order chi connectivity index (χ0) is 13.7. The van der Waals surface area contributed by atoms with Gasteiger partial charge in [-0.1, -0.05) is 19.3 Å². The van der Waals surface area contributed by atoms with Crippen LogP contribution < -0.4 is 14.8 Å². The van der Waals surface area contributed by atoms with Crippen molar-refractivity contribution in [3.8, 4) is 11.5 Å². The van der Waals surface area contributed by atoms with Gasteiger partial charge in [0.15, 0.2) is 0 Å². The number of benzene rings is 1. The second-order valence-electron chi connectivity index (χ2n) is 5.06. The fraction of sp³-hybridized carbons (Fsp3) is 0.600. The first kappa shape index (κ1) is 14.0. The van der Waals surface area contributed by atoms with Crippen molar-refractivity contribution < 1.29 is 14.6 Å². The predicted octanol–water partition coefficient (Wildman–Crippen LogP) is 2.81. The highest BCUT2D eigenvalue weighted by Gasteiger charge is 2.21. The van der Waals surface area contributed by atoms with Gasteiger partial charge in [-0.05, 0) is 12.8 Å². The second-order valence-corrected chi connectivity index (χ2v) is 5.06. The Morgan fingerprint density at radius 3 is 2.26 bits per heavy atom. The number of methoxy groups -OCH3 is 2. The molecule has 19 heavy (non-hydrogen) atoms. The maximum absolute atomic E-state index is 10.1. The highest BCUT2D eigenvalue weighted by Crippen LogP contribution is 2.28. The average molecular weight is 265 g/mol. The number of ether oxygens (including phenoxy) is 2. The SMILES string of the molecule is COc1cc(NC2CCCCCC2O)cc(OC)c1. The molecule has 0 spiro atoms. The molecule has 0 saturated heterocycles. The van der Waals surface area contributed by atoms with Crippen molar-refractivity contribution in [3.63, 3.8) is 0 Å². The van der Waals surface area contributed by atoms with E-state index in [-0.39, 0.29) is 12.1 Å². The molecule has 1 fully saturated rings. The van der Waals surface area contributed by atoms with E-state index in [1.807, 2.05) is 18.2 Å². The minimum atomic E-state index is -0.278. The Morgan fingerprint density at radius 2 is 1.63 bits per heavy atom. The van der Waals surface area contributed by atoms with Gasteiger partial charge in [0.1, 0.15) is 11.5 Å². The van der Waals surface area contributed by atoms with E-state index in [1.54, 1.807) is 14.2 Å². The molecule has 0 aromatic heterocycles. The van der Waals surface area contributed by atoms with Gasteiger partial charge in [0.2, 0.25) is 0 Å². The maximum Gasteiger partial charge on any atom is 0.124 e. The third-order valence-corrected chi connectivity index (χ3v) is 3.68. The lowest BCUT2D eigenvalue weighted by atomic mass is 10.1. The largest absolute Gasteiger partial charge is 0.497 e. The smallest absolute Gasteiger partial charge is 0.124 e. The first-order chi connectivity index (χ1) is 9.22. The van der Waals surface area contributed by atoms with E-state index in [2.05, 4.69) is 5.32 Å². The monoisotopic (exact) mass is 265 g/mol. The zero-order valence-corrected chi connectivity index (χ0v) is 11.7. The molecule has 1 aliphatic carbocycles. The Bertz CT molecular complexity index is 386. The number of anilines is 1. The number of nitrogens with one attached hydrogen (secondary N) is 1. The van der Waals surface area contributed by atoms with Gasteiger partial charge in [-0.15, -0.1) is 0 Å². The summed E-state index contributed by atoms with van der Waals surface area (Å²) in [6.45, 7) is 0. The molecular weight excluding hydrogens is 242 g/mol. The van der Waals surface area contributed by atoms with Crippen LogP contribution in [0.2, 0.25) is 0 Å². The van der Waals surface area contributed by atoms with E-state index in [0.717, 1.165) is 42.9 Å². The van der Waals surface area contributed by atoms with Crippen molar-refractivity contribution in [3.05, 3.63) is 18.2 Å². The molecule has 4 nitrogen and oxygen atoms in total. The van der Waals surface area contributed by atoms with Gasteiger partial charge < -0.3 is 19.9 Å². The number of rotatable bonds is 4. The Balaban J connectivity index is 2.12. The van der Waals surface area contributed by atoms with Gasteiger partial charge in [-0.2, -0.15) is 0 Å². The summed E-state index contributed by atoms with van der Waals surface area (Å²) < 4.78 is 10.5. The van der Waals surface area contributed by atoms with Gasteiger partial charge in [-0.25, -0.2) is 0 Å². The number of hydrogen-bond acceptors (Lipinski definition) is 4. The Labute approximate surface area is 114 Å². The van der Waals surface area contributed by atoms with E-state index >= 15 is 0 Å². The van der Waals surface area contributed by atoms with Crippen LogP contribution in [-0.4, -0.2) is 31.5 Å². The van der Waals surface area contributed by atoms with Gasteiger partial charge in [0, 0.05) is 23.9 Å². The summed E-state index contributed by atoms with van der Waals surface area (Å²) in [6, 6.07) is 5.81. The summed E-state index contributed by atoms with van der Waals surface area (Å²) in [5.41, 5.74) is 0.933. The molecule has 2 rings (SSSR count). The fourth-order valence-electron chi connectivity index (χ4n) is 2.56. The van der Waals surface area contributed by atoms with Crippen molar-refractivity contribution in [2.45, 2.75) is 44.2 Å². The standard InChI is InChI=1S/C15H23NO3/c1-18-12-8-11(9-13(10-12)19-2)16-14-6-4-3-5-7-15(14)17/h8-10,14-17H,3-7H2,1-2H3. The van der Waals surface area contributed by atoms with Crippen LogP contribution >= 0.6 is 0 Å². The van der Waals surface area contributed by atoms with E-state index < -0.39 is 0 Å². The van der Waals surface area contributed by atoms with Gasteiger partial charge in [-0.3, -0.25) is 0 Å². The topological polar surface area (TPSA) is 50.7 Å². The second kappa shape index (κ2) is 6.66. The van der Waals surface area contributed by atoms with Crippen LogP contribution in [0.4, 0.5) is 5.69 Å². The van der Waals surface area contributed by atoms with Crippen molar-refractivity contribution >= 4 is 5.69 Å². The molecule has 1 aliphatic rings. The van der Waals surface area contributed by atoms with Crippen molar-refractivity contribution in [1.29, 1.82) is 0 Å². The van der Waals surface area contributed by atoms with Crippen LogP contribution in [0, 0.1) is 0 Å². The summed E-state index contributed by atoms with van der Waals surface area (Å²) in [6.07, 6.45) is 5.08. The molecule has 2 atom stereocenters. The molecule has 0 bridgehead atoms. The van der Waals surface area contributed by atoms with Gasteiger partial charge in [0.05, 0.1) is 26.4 Å². The van der Waals surface area contributed by atoms with Crippen LogP contribution in [0.1, 0.15) is 32.1 Å². The highest BCUT2D eigenvalue weighted by atomic mass is 16.5. The molecule has 0 radical (unpaired) electrons. The third kappa shape index (κ3) is 3.77. The maximum atomic E-state index is 10.1. The minimum Gasteiger partial charge on any atom is -0.497 e. The number of aliphatic hydroxyl groups is 1. The first-order valence-electron chi connectivity index (χ1n) is 6.90. The predicted molar refractivity (Wildman–Crippen MR) is 76.0 cm³/mol. The molecule has 106 valence electrons. The van der Waals surface area contributed by atoms with Crippen LogP contribution in [0.5, 0.6) is 11.5 Å². The summed E-state index contributed by atoms with van der Waals surface area (Å²) in [5, 5.41) is 13.5. The first-order valence-corrected chi connectivity index (χ1v) is 6.90. The Kier molecular flexibility index (Phi) is 4.91. The average Bonchev–Trinajstić information content (AvgIpc) is 2.63. The normalized spacial score (nSPS) is 23.5. The van der Waals surface area contributed by atoms with E-state index in [9.17, 15) is 5.11 Å². The summed E-state index contributed by atoms with van der Waals surface area (Å²) >= 11 is 0. The number of aliphatic hydroxyl groups excluding tert-OH is 1. The summed E-state index contributed by atoms with van der Waals surface area (Å²) in [4.78, 5) is 0. The molecule has 1 aromatic rings. The van der Waals surface area contributed by atoms with Gasteiger partial charge in [0.25, 0.3) is 0 Å². The Hall–Kier alpha value is -1.42. The minimum absolute atomic E-state index is 0.110. The van der Waals surface area contributed by atoms with Crippen LogP contribution in [0.3, 0.4) is 0 Å². The van der Waals surface area contributed by atoms with Crippen LogP contribution in [0.15, 0.2) is 18.2 Å². The van der Waals surface area contributed by atoms with E-state index in [1.165, 1.54) is 6.42 Å². The molecule has 0 amide bonds. The lowest BCUT2D eigenvalue weighted by molar-refractivity contribution is 0.144. The molecule has 1 saturated carbocycles.